The molecule has 2 aromatic carbocycles. The molecule has 0 radical (unpaired) electrons. The number of nitrogens with two attached hydrogens (primary N) is 1. The number of hydrogen-bond donors (Lipinski definition) is 4. The molecule has 2 amide bonds. The van der Waals surface area contributed by atoms with E-state index < -0.39 is 6.04 Å². The van der Waals surface area contributed by atoms with Crippen LogP contribution in [0.4, 0.5) is 5.82 Å². The van der Waals surface area contributed by atoms with Crippen LogP contribution in [-0.4, -0.2) is 27.8 Å². The third-order valence-electron chi connectivity index (χ3n) is 5.61. The van der Waals surface area contributed by atoms with Crippen LogP contribution in [-0.2, 0) is 17.8 Å². The van der Waals surface area contributed by atoms with E-state index in [4.69, 9.17) is 17.3 Å². The number of carbonyl (C=O) groups is 2. The maximum absolute atomic E-state index is 13.1. The normalized spacial score (nSPS) is 11.6. The number of H-pyrrole nitrogens is 1. The third kappa shape index (κ3) is 6.28. The second kappa shape index (κ2) is 10.9. The summed E-state index contributed by atoms with van der Waals surface area (Å²) in [6.07, 6.45) is 1.84. The first-order chi connectivity index (χ1) is 16.9. The number of pyridine rings is 1. The Labute approximate surface area is 208 Å². The van der Waals surface area contributed by atoms with E-state index in [0.717, 1.165) is 27.9 Å². The van der Waals surface area contributed by atoms with Crippen molar-refractivity contribution in [2.45, 2.75) is 25.9 Å². The average molecular weight is 488 g/mol. The Kier molecular flexibility index (Phi) is 7.48. The molecule has 8 heteroatoms. The highest BCUT2D eigenvalue weighted by Crippen LogP contribution is 2.20. The maximum atomic E-state index is 13.1. The highest BCUT2D eigenvalue weighted by molar-refractivity contribution is 6.31. The molecule has 0 unspecified atom stereocenters. The van der Waals surface area contributed by atoms with Gasteiger partial charge in [0.05, 0.1) is 0 Å². The molecule has 0 spiro atoms. The molecule has 0 bridgehead atoms. The van der Waals surface area contributed by atoms with Crippen molar-refractivity contribution in [1.29, 1.82) is 0 Å². The molecule has 7 nitrogen and oxygen atoms in total. The number of halogens is 1. The molecule has 2 aromatic heterocycles. The number of nitrogens with one attached hydrogen (secondary N) is 3. The SMILES string of the molecule is Cc1ccc(-c2ccc(C(=O)N[C@@H](Cc3ccccc3Cl)C(=O)NCc3ccc(N)nc3)[nH]2)cc1. The van der Waals surface area contributed by atoms with Gasteiger partial charge in [-0.3, -0.25) is 9.59 Å². The van der Waals surface area contributed by atoms with E-state index in [9.17, 15) is 9.59 Å². The zero-order valence-electron chi connectivity index (χ0n) is 19.2. The number of benzene rings is 2. The smallest absolute Gasteiger partial charge is 0.268 e. The van der Waals surface area contributed by atoms with Crippen molar-refractivity contribution < 1.29 is 9.59 Å². The lowest BCUT2D eigenvalue weighted by molar-refractivity contribution is -0.123. The van der Waals surface area contributed by atoms with E-state index in [1.165, 1.54) is 0 Å². The highest BCUT2D eigenvalue weighted by atomic mass is 35.5. The lowest BCUT2D eigenvalue weighted by Gasteiger charge is -2.19. The first-order valence-electron chi connectivity index (χ1n) is 11.2. The van der Waals surface area contributed by atoms with Crippen LogP contribution in [0.25, 0.3) is 11.3 Å². The summed E-state index contributed by atoms with van der Waals surface area (Å²) in [6.45, 7) is 2.27. The minimum absolute atomic E-state index is 0.239. The van der Waals surface area contributed by atoms with Crippen molar-refractivity contribution in [1.82, 2.24) is 20.6 Å². The number of aromatic amines is 1. The monoisotopic (exact) mass is 487 g/mol. The minimum Gasteiger partial charge on any atom is -0.384 e. The van der Waals surface area contributed by atoms with Gasteiger partial charge in [-0.2, -0.15) is 0 Å². The molecule has 2 heterocycles. The van der Waals surface area contributed by atoms with Gasteiger partial charge in [0, 0.05) is 29.9 Å². The van der Waals surface area contributed by atoms with Crippen LogP contribution < -0.4 is 16.4 Å². The molecule has 4 aromatic rings. The van der Waals surface area contributed by atoms with Gasteiger partial charge in [-0.25, -0.2) is 4.98 Å². The van der Waals surface area contributed by atoms with Gasteiger partial charge in [0.15, 0.2) is 0 Å². The van der Waals surface area contributed by atoms with Gasteiger partial charge in [-0.1, -0.05) is 65.7 Å². The Bertz CT molecular complexity index is 1320. The lowest BCUT2D eigenvalue weighted by atomic mass is 10.0. The first kappa shape index (κ1) is 24.0. The van der Waals surface area contributed by atoms with Gasteiger partial charge in [0.2, 0.25) is 5.91 Å². The van der Waals surface area contributed by atoms with Gasteiger partial charge in [0.25, 0.3) is 5.91 Å². The van der Waals surface area contributed by atoms with Crippen molar-refractivity contribution in [3.8, 4) is 11.3 Å². The summed E-state index contributed by atoms with van der Waals surface area (Å²) < 4.78 is 0. The van der Waals surface area contributed by atoms with E-state index in [1.54, 1.807) is 30.5 Å². The Hall–Kier alpha value is -4.10. The molecule has 0 aliphatic heterocycles. The third-order valence-corrected chi connectivity index (χ3v) is 5.98. The Morgan fingerprint density at radius 3 is 2.51 bits per heavy atom. The number of nitrogens with zero attached hydrogens (tertiary/aromatic N) is 1. The van der Waals surface area contributed by atoms with Crippen molar-refractivity contribution in [2.24, 2.45) is 0 Å². The molecule has 0 aliphatic rings. The van der Waals surface area contributed by atoms with Crippen molar-refractivity contribution in [2.75, 3.05) is 5.73 Å². The number of rotatable bonds is 8. The van der Waals surface area contributed by atoms with E-state index in [1.807, 2.05) is 55.5 Å². The summed E-state index contributed by atoms with van der Waals surface area (Å²) in [5.41, 5.74) is 10.5. The number of anilines is 1. The average Bonchev–Trinajstić information content (AvgIpc) is 3.35. The zero-order chi connectivity index (χ0) is 24.8. The molecular weight excluding hydrogens is 462 g/mol. The van der Waals surface area contributed by atoms with E-state index >= 15 is 0 Å². The van der Waals surface area contributed by atoms with Gasteiger partial charge >= 0.3 is 0 Å². The van der Waals surface area contributed by atoms with E-state index in [2.05, 4.69) is 20.6 Å². The van der Waals surface area contributed by atoms with Crippen LogP contribution >= 0.6 is 11.6 Å². The van der Waals surface area contributed by atoms with Crippen molar-refractivity contribution in [3.63, 3.8) is 0 Å². The molecule has 0 fully saturated rings. The molecular formula is C27H26ClN5O2. The quantitative estimate of drug-likeness (QED) is 0.297. The van der Waals surface area contributed by atoms with Crippen LogP contribution in [0.15, 0.2) is 79.0 Å². The number of amides is 2. The van der Waals surface area contributed by atoms with Crippen molar-refractivity contribution in [3.05, 3.63) is 106 Å². The second-order valence-electron chi connectivity index (χ2n) is 8.28. The zero-order valence-corrected chi connectivity index (χ0v) is 20.0. The summed E-state index contributed by atoms with van der Waals surface area (Å²) in [4.78, 5) is 33.3. The largest absolute Gasteiger partial charge is 0.384 e. The Morgan fingerprint density at radius 2 is 1.80 bits per heavy atom. The Balaban J connectivity index is 1.49. The predicted molar refractivity (Wildman–Crippen MR) is 138 cm³/mol. The fraction of sp³-hybridized carbons (Fsp3) is 0.148. The topological polar surface area (TPSA) is 113 Å². The molecule has 5 N–H and O–H groups in total. The van der Waals surface area contributed by atoms with Gasteiger partial charge < -0.3 is 21.4 Å². The molecule has 0 saturated heterocycles. The van der Waals surface area contributed by atoms with Crippen LogP contribution in [0.2, 0.25) is 5.02 Å². The van der Waals surface area contributed by atoms with Crippen molar-refractivity contribution >= 4 is 29.2 Å². The fourth-order valence-electron chi connectivity index (χ4n) is 3.61. The summed E-state index contributed by atoms with van der Waals surface area (Å²) in [7, 11) is 0. The maximum Gasteiger partial charge on any atom is 0.268 e. The summed E-state index contributed by atoms with van der Waals surface area (Å²) in [5, 5.41) is 6.25. The minimum atomic E-state index is -0.838. The van der Waals surface area contributed by atoms with Crippen LogP contribution in [0.5, 0.6) is 0 Å². The van der Waals surface area contributed by atoms with E-state index in [0.29, 0.717) is 16.5 Å². The van der Waals surface area contributed by atoms with Gasteiger partial charge in [0.1, 0.15) is 17.6 Å². The summed E-state index contributed by atoms with van der Waals surface area (Å²) in [5.74, 6) is -0.315. The number of carbonyl (C=O) groups excluding carboxylic acids is 2. The molecule has 35 heavy (non-hydrogen) atoms. The predicted octanol–water partition coefficient (Wildman–Crippen LogP) is 4.28. The standard InChI is InChI=1S/C27H26ClN5O2/c1-17-6-9-19(10-7-17)22-11-12-23(32-22)27(35)33-24(14-20-4-2-3-5-21(20)28)26(34)31-16-18-8-13-25(29)30-15-18/h2-13,15,24,32H,14,16H2,1H3,(H2,29,30)(H,31,34)(H,33,35)/t24-/m0/s1. The summed E-state index contributed by atoms with van der Waals surface area (Å²) >= 11 is 6.33. The van der Waals surface area contributed by atoms with Gasteiger partial charge in [-0.05, 0) is 47.9 Å². The first-order valence-corrected chi connectivity index (χ1v) is 11.6. The number of aromatic nitrogens is 2. The van der Waals surface area contributed by atoms with Crippen LogP contribution in [0, 0.1) is 6.92 Å². The highest BCUT2D eigenvalue weighted by Gasteiger charge is 2.23. The Morgan fingerprint density at radius 1 is 1.03 bits per heavy atom. The number of nitrogen functional groups attached to an aromatic ring is 1. The molecule has 0 saturated carbocycles. The lowest BCUT2D eigenvalue weighted by Crippen LogP contribution is -2.48. The molecule has 1 atom stereocenters. The molecule has 0 aliphatic carbocycles. The van der Waals surface area contributed by atoms with E-state index in [-0.39, 0.29) is 24.8 Å². The summed E-state index contributed by atoms with van der Waals surface area (Å²) in [6, 6.07) is 21.4. The van der Waals surface area contributed by atoms with Crippen LogP contribution in [0.1, 0.15) is 27.2 Å². The molecule has 4 rings (SSSR count). The molecule has 178 valence electrons. The fourth-order valence-corrected chi connectivity index (χ4v) is 3.82. The second-order valence-corrected chi connectivity index (χ2v) is 8.69. The number of aryl methyl sites for hydroxylation is 1. The number of hydrogen-bond acceptors (Lipinski definition) is 4. The van der Waals surface area contributed by atoms with Gasteiger partial charge in [-0.15, -0.1) is 0 Å². The van der Waals surface area contributed by atoms with Crippen LogP contribution in [0.3, 0.4) is 0 Å².